The summed E-state index contributed by atoms with van der Waals surface area (Å²) in [6.45, 7) is 4.60. The van der Waals surface area contributed by atoms with Crippen molar-refractivity contribution >= 4 is 6.03 Å². The molecule has 23 heavy (non-hydrogen) atoms. The summed E-state index contributed by atoms with van der Waals surface area (Å²) in [6, 6.07) is 0.217. The molecular formula is C16H24N6O. The first-order valence-electron chi connectivity index (χ1n) is 8.13. The molecular weight excluding hydrogens is 292 g/mol. The van der Waals surface area contributed by atoms with Crippen LogP contribution in [0.25, 0.3) is 0 Å². The van der Waals surface area contributed by atoms with Crippen molar-refractivity contribution < 1.29 is 4.79 Å². The fraction of sp³-hybridized carbons (Fsp3) is 0.562. The van der Waals surface area contributed by atoms with Gasteiger partial charge in [-0.3, -0.25) is 4.68 Å². The molecule has 1 fully saturated rings. The van der Waals surface area contributed by atoms with Gasteiger partial charge in [-0.05, 0) is 26.2 Å². The Kier molecular flexibility index (Phi) is 4.36. The highest BCUT2D eigenvalue weighted by molar-refractivity contribution is 5.75. The Balaban J connectivity index is 1.68. The van der Waals surface area contributed by atoms with E-state index < -0.39 is 0 Å². The van der Waals surface area contributed by atoms with Gasteiger partial charge in [-0.15, -0.1) is 0 Å². The van der Waals surface area contributed by atoms with Crippen molar-refractivity contribution in [2.45, 2.75) is 51.7 Å². The predicted molar refractivity (Wildman–Crippen MR) is 86.7 cm³/mol. The maximum atomic E-state index is 12.7. The molecule has 2 aromatic heterocycles. The zero-order valence-corrected chi connectivity index (χ0v) is 13.9. The quantitative estimate of drug-likeness (QED) is 0.858. The van der Waals surface area contributed by atoms with Gasteiger partial charge < -0.3 is 15.2 Å². The molecule has 1 unspecified atom stereocenters. The summed E-state index contributed by atoms with van der Waals surface area (Å²) in [5.74, 6) is 0.815. The molecule has 2 amide bonds. The highest BCUT2D eigenvalue weighted by Gasteiger charge is 2.33. The Hall–Kier alpha value is -2.31. The van der Waals surface area contributed by atoms with E-state index in [1.54, 1.807) is 10.9 Å². The molecule has 1 aliphatic carbocycles. The maximum Gasteiger partial charge on any atom is 0.318 e. The molecule has 7 heteroatoms. The van der Waals surface area contributed by atoms with Gasteiger partial charge in [-0.25, -0.2) is 9.78 Å². The topological polar surface area (TPSA) is 78.8 Å². The third kappa shape index (κ3) is 3.72. The van der Waals surface area contributed by atoms with E-state index >= 15 is 0 Å². The number of hydrogen-bond acceptors (Lipinski definition) is 3. The zero-order chi connectivity index (χ0) is 16.4. The number of H-pyrrole nitrogens is 1. The van der Waals surface area contributed by atoms with Gasteiger partial charge in [0.2, 0.25) is 0 Å². The standard InChI is InChI=1S/C16H24N6O/c1-4-14(15-17-7-11(2)19-15)20-16(23)22(13-5-6-13)10-12-8-18-21(3)9-12/h7-9,13-14H,4-6,10H2,1-3H3,(H,17,19)(H,20,23). The van der Waals surface area contributed by atoms with E-state index in [1.807, 2.05) is 38.2 Å². The average molecular weight is 316 g/mol. The van der Waals surface area contributed by atoms with Crippen molar-refractivity contribution in [1.29, 1.82) is 0 Å². The molecule has 2 heterocycles. The lowest BCUT2D eigenvalue weighted by Crippen LogP contribution is -2.42. The van der Waals surface area contributed by atoms with Crippen LogP contribution in [0.1, 0.15) is 49.3 Å². The first-order valence-corrected chi connectivity index (χ1v) is 8.13. The molecule has 1 atom stereocenters. The fourth-order valence-corrected chi connectivity index (χ4v) is 2.71. The summed E-state index contributed by atoms with van der Waals surface area (Å²) in [6.07, 6.45) is 8.50. The molecule has 0 saturated heterocycles. The number of aromatic amines is 1. The van der Waals surface area contributed by atoms with Crippen molar-refractivity contribution in [2.75, 3.05) is 0 Å². The van der Waals surface area contributed by atoms with E-state index in [2.05, 4.69) is 20.4 Å². The summed E-state index contributed by atoms with van der Waals surface area (Å²) >= 11 is 0. The summed E-state index contributed by atoms with van der Waals surface area (Å²) < 4.78 is 1.76. The number of carbonyl (C=O) groups excluding carboxylic acids is 1. The van der Waals surface area contributed by atoms with Gasteiger partial charge in [0.25, 0.3) is 0 Å². The van der Waals surface area contributed by atoms with E-state index in [0.29, 0.717) is 12.6 Å². The monoisotopic (exact) mass is 316 g/mol. The van der Waals surface area contributed by atoms with Crippen molar-refractivity contribution in [3.8, 4) is 0 Å². The second-order valence-corrected chi connectivity index (χ2v) is 6.24. The third-order valence-corrected chi connectivity index (χ3v) is 4.12. The Morgan fingerprint density at radius 2 is 2.30 bits per heavy atom. The average Bonchev–Trinajstić information content (AvgIpc) is 3.15. The van der Waals surface area contributed by atoms with Crippen LogP contribution in [-0.4, -0.2) is 36.7 Å². The molecule has 1 saturated carbocycles. The Labute approximate surface area is 136 Å². The zero-order valence-electron chi connectivity index (χ0n) is 13.9. The van der Waals surface area contributed by atoms with Crippen LogP contribution in [0.4, 0.5) is 4.79 Å². The van der Waals surface area contributed by atoms with Gasteiger partial charge in [0.15, 0.2) is 0 Å². The maximum absolute atomic E-state index is 12.7. The number of aryl methyl sites for hydroxylation is 2. The van der Waals surface area contributed by atoms with E-state index in [0.717, 1.165) is 36.3 Å². The van der Waals surface area contributed by atoms with E-state index in [9.17, 15) is 4.79 Å². The van der Waals surface area contributed by atoms with Crippen LogP contribution in [0, 0.1) is 6.92 Å². The lowest BCUT2D eigenvalue weighted by Gasteiger charge is -2.25. The second kappa shape index (κ2) is 6.44. The van der Waals surface area contributed by atoms with Gasteiger partial charge in [-0.1, -0.05) is 6.92 Å². The molecule has 124 valence electrons. The van der Waals surface area contributed by atoms with Crippen molar-refractivity contribution in [3.05, 3.63) is 35.7 Å². The summed E-state index contributed by atoms with van der Waals surface area (Å²) in [7, 11) is 1.89. The Morgan fingerprint density at radius 3 is 2.83 bits per heavy atom. The molecule has 0 spiro atoms. The highest BCUT2D eigenvalue weighted by atomic mass is 16.2. The van der Waals surface area contributed by atoms with Crippen LogP contribution in [0.3, 0.4) is 0 Å². The number of carbonyl (C=O) groups is 1. The largest absolute Gasteiger partial charge is 0.344 e. The van der Waals surface area contributed by atoms with Gasteiger partial charge in [0.05, 0.1) is 18.8 Å². The van der Waals surface area contributed by atoms with Crippen molar-refractivity contribution in [3.63, 3.8) is 0 Å². The van der Waals surface area contributed by atoms with Crippen LogP contribution >= 0.6 is 0 Å². The SMILES string of the molecule is CCC(NC(=O)N(Cc1cnn(C)c1)C1CC1)c1ncc(C)[nH]1. The fourth-order valence-electron chi connectivity index (χ4n) is 2.71. The van der Waals surface area contributed by atoms with Crippen LogP contribution < -0.4 is 5.32 Å². The van der Waals surface area contributed by atoms with Crippen LogP contribution in [0.15, 0.2) is 18.6 Å². The number of imidazole rings is 1. The summed E-state index contributed by atoms with van der Waals surface area (Å²) in [5.41, 5.74) is 2.05. The van der Waals surface area contributed by atoms with Crippen LogP contribution in [-0.2, 0) is 13.6 Å². The molecule has 2 aromatic rings. The van der Waals surface area contributed by atoms with Gasteiger partial charge in [-0.2, -0.15) is 5.10 Å². The molecule has 7 nitrogen and oxygen atoms in total. The van der Waals surface area contributed by atoms with E-state index in [1.165, 1.54) is 0 Å². The van der Waals surface area contributed by atoms with Gasteiger partial charge >= 0.3 is 6.03 Å². The van der Waals surface area contributed by atoms with Gasteiger partial charge in [0.1, 0.15) is 5.82 Å². The molecule has 2 N–H and O–H groups in total. The van der Waals surface area contributed by atoms with E-state index in [-0.39, 0.29) is 12.1 Å². The molecule has 0 radical (unpaired) electrons. The molecule has 0 bridgehead atoms. The first kappa shape index (κ1) is 15.6. The molecule has 0 aliphatic heterocycles. The second-order valence-electron chi connectivity index (χ2n) is 6.24. The smallest absolute Gasteiger partial charge is 0.318 e. The molecule has 1 aliphatic rings. The van der Waals surface area contributed by atoms with Crippen molar-refractivity contribution in [2.24, 2.45) is 7.05 Å². The number of nitrogens with zero attached hydrogens (tertiary/aromatic N) is 4. The normalized spacial score (nSPS) is 15.4. The predicted octanol–water partition coefficient (Wildman–Crippen LogP) is 2.28. The molecule has 0 aromatic carbocycles. The van der Waals surface area contributed by atoms with Crippen LogP contribution in [0.2, 0.25) is 0 Å². The Bertz CT molecular complexity index is 672. The summed E-state index contributed by atoms with van der Waals surface area (Å²) in [4.78, 5) is 22.2. The van der Waals surface area contributed by atoms with E-state index in [4.69, 9.17) is 0 Å². The summed E-state index contributed by atoms with van der Waals surface area (Å²) in [5, 5.41) is 7.29. The highest BCUT2D eigenvalue weighted by Crippen LogP contribution is 2.29. The number of aromatic nitrogens is 4. The van der Waals surface area contributed by atoms with Crippen molar-refractivity contribution in [1.82, 2.24) is 30.0 Å². The van der Waals surface area contributed by atoms with Gasteiger partial charge in [0, 0.05) is 36.7 Å². The minimum absolute atomic E-state index is 0.0303. The minimum Gasteiger partial charge on any atom is -0.344 e. The number of amides is 2. The molecule has 3 rings (SSSR count). The lowest BCUT2D eigenvalue weighted by molar-refractivity contribution is 0.187. The first-order chi connectivity index (χ1) is 11.1. The third-order valence-electron chi connectivity index (χ3n) is 4.12. The number of nitrogens with one attached hydrogen (secondary N) is 2. The Morgan fingerprint density at radius 1 is 1.52 bits per heavy atom. The lowest BCUT2D eigenvalue weighted by atomic mass is 10.2. The van der Waals surface area contributed by atoms with Crippen LogP contribution in [0.5, 0.6) is 0 Å². The number of hydrogen-bond donors (Lipinski definition) is 2. The number of urea groups is 1. The number of rotatable bonds is 6. The minimum atomic E-state index is -0.0913.